The zero-order chi connectivity index (χ0) is 27.6. The molecule has 4 aromatic rings. The Balaban J connectivity index is 1.52. The third-order valence-corrected chi connectivity index (χ3v) is 5.82. The van der Waals surface area contributed by atoms with E-state index < -0.39 is 18.5 Å². The van der Waals surface area contributed by atoms with Crippen molar-refractivity contribution in [2.75, 3.05) is 13.2 Å². The molecule has 0 saturated carbocycles. The summed E-state index contributed by atoms with van der Waals surface area (Å²) in [5, 5.41) is 19.5. The largest absolute Gasteiger partial charge is 0.490 e. The summed E-state index contributed by atoms with van der Waals surface area (Å²) in [5.41, 5.74) is 3.05. The lowest BCUT2D eigenvalue weighted by Gasteiger charge is -2.15. The molecule has 0 atom stereocenters. The Kier molecular flexibility index (Phi) is 9.37. The zero-order valence-electron chi connectivity index (χ0n) is 20.9. The van der Waals surface area contributed by atoms with Crippen molar-refractivity contribution in [3.05, 3.63) is 94.6 Å². The zero-order valence-corrected chi connectivity index (χ0v) is 21.6. The number of pyridine rings is 1. The van der Waals surface area contributed by atoms with Gasteiger partial charge in [0.25, 0.3) is 0 Å². The highest BCUT2D eigenvalue weighted by Crippen LogP contribution is 2.31. The minimum absolute atomic E-state index is 0.0122. The third kappa shape index (κ3) is 8.21. The predicted octanol–water partition coefficient (Wildman–Crippen LogP) is 6.34. The number of rotatable bonds is 13. The van der Waals surface area contributed by atoms with Crippen molar-refractivity contribution >= 4 is 46.6 Å². The number of aliphatic carboxylic acids is 2. The van der Waals surface area contributed by atoms with Gasteiger partial charge in [0.2, 0.25) is 0 Å². The molecule has 3 aromatic carbocycles. The molecule has 2 N–H and O–H groups in total. The van der Waals surface area contributed by atoms with Gasteiger partial charge < -0.3 is 24.4 Å². The molecule has 0 aliphatic rings. The van der Waals surface area contributed by atoms with Gasteiger partial charge in [-0.2, -0.15) is 0 Å². The maximum Gasteiger partial charge on any atom is 0.341 e. The molecule has 0 aliphatic carbocycles. The molecule has 0 aliphatic heterocycles. The van der Waals surface area contributed by atoms with Crippen LogP contribution < -0.4 is 14.2 Å². The molecular formula is C30H26ClNO7. The number of halogens is 1. The van der Waals surface area contributed by atoms with Gasteiger partial charge in [-0.15, -0.1) is 0 Å². The van der Waals surface area contributed by atoms with Crippen molar-refractivity contribution in [3.8, 4) is 17.2 Å². The van der Waals surface area contributed by atoms with Crippen molar-refractivity contribution in [3.63, 3.8) is 0 Å². The second-order valence-electron chi connectivity index (χ2n) is 8.54. The average molecular weight is 548 g/mol. The average Bonchev–Trinajstić information content (AvgIpc) is 2.92. The van der Waals surface area contributed by atoms with Crippen molar-refractivity contribution in [1.82, 2.24) is 4.98 Å². The van der Waals surface area contributed by atoms with E-state index >= 15 is 0 Å². The van der Waals surface area contributed by atoms with Gasteiger partial charge >= 0.3 is 11.9 Å². The first kappa shape index (κ1) is 27.5. The fourth-order valence-electron chi connectivity index (χ4n) is 3.71. The van der Waals surface area contributed by atoms with Gasteiger partial charge in [0.05, 0.1) is 17.8 Å². The first-order valence-electron chi connectivity index (χ1n) is 12.2. The topological polar surface area (TPSA) is 115 Å². The highest BCUT2D eigenvalue weighted by atomic mass is 35.5. The van der Waals surface area contributed by atoms with E-state index in [2.05, 4.69) is 4.98 Å². The van der Waals surface area contributed by atoms with E-state index in [0.29, 0.717) is 34.3 Å². The molecule has 0 amide bonds. The van der Waals surface area contributed by atoms with E-state index in [0.717, 1.165) is 22.2 Å². The summed E-state index contributed by atoms with van der Waals surface area (Å²) >= 11 is 6.10. The van der Waals surface area contributed by atoms with Crippen LogP contribution >= 0.6 is 11.6 Å². The smallest absolute Gasteiger partial charge is 0.341 e. The molecule has 0 spiro atoms. The molecule has 0 unspecified atom stereocenters. The van der Waals surface area contributed by atoms with Crippen LogP contribution in [0.15, 0.2) is 72.8 Å². The van der Waals surface area contributed by atoms with Crippen molar-refractivity contribution in [2.45, 2.75) is 19.4 Å². The summed E-state index contributed by atoms with van der Waals surface area (Å²) in [7, 11) is 0. The Morgan fingerprint density at radius 1 is 0.821 bits per heavy atom. The fourth-order valence-corrected chi connectivity index (χ4v) is 3.87. The number of carboxylic acids is 2. The number of aromatic nitrogens is 1. The predicted molar refractivity (Wildman–Crippen MR) is 148 cm³/mol. The lowest BCUT2D eigenvalue weighted by molar-refractivity contribution is -0.139. The Bertz CT molecular complexity index is 1500. The van der Waals surface area contributed by atoms with Gasteiger partial charge in [0.1, 0.15) is 12.4 Å². The standard InChI is InChI=1S/C30H26ClNO7/c31-23-11-9-21-10-13-24(32-25(21)17-23)12-7-20-8-14-27(28(16-20)37-15-3-6-29(33)34)38-18-22-4-1-2-5-26(22)39-19-30(35)36/h1-2,4-5,7-14,16-17H,3,6,15,18-19H2,(H,33,34)(H,35,36)/b12-7+. The molecular weight excluding hydrogens is 522 g/mol. The van der Waals surface area contributed by atoms with Gasteiger partial charge in [0, 0.05) is 22.4 Å². The minimum atomic E-state index is -1.07. The minimum Gasteiger partial charge on any atom is -0.490 e. The van der Waals surface area contributed by atoms with Crippen LogP contribution in [0.25, 0.3) is 23.1 Å². The third-order valence-electron chi connectivity index (χ3n) is 5.59. The number of hydrogen-bond acceptors (Lipinski definition) is 6. The quantitative estimate of drug-likeness (QED) is 0.186. The summed E-state index contributed by atoms with van der Waals surface area (Å²) in [5.74, 6) is -0.658. The highest BCUT2D eigenvalue weighted by Gasteiger charge is 2.11. The van der Waals surface area contributed by atoms with Crippen molar-refractivity contribution in [2.24, 2.45) is 0 Å². The van der Waals surface area contributed by atoms with E-state index in [-0.39, 0.29) is 19.6 Å². The molecule has 39 heavy (non-hydrogen) atoms. The summed E-state index contributed by atoms with van der Waals surface area (Å²) in [6.45, 7) is -0.156. The van der Waals surface area contributed by atoms with E-state index in [1.54, 1.807) is 36.4 Å². The van der Waals surface area contributed by atoms with Crippen LogP contribution in [-0.4, -0.2) is 40.3 Å². The van der Waals surface area contributed by atoms with E-state index in [9.17, 15) is 9.59 Å². The molecule has 8 nitrogen and oxygen atoms in total. The number of para-hydroxylation sites is 1. The Morgan fingerprint density at radius 2 is 1.64 bits per heavy atom. The molecule has 9 heteroatoms. The van der Waals surface area contributed by atoms with Crippen LogP contribution in [0.5, 0.6) is 17.2 Å². The highest BCUT2D eigenvalue weighted by molar-refractivity contribution is 6.31. The lowest BCUT2D eigenvalue weighted by Crippen LogP contribution is -2.11. The summed E-state index contributed by atoms with van der Waals surface area (Å²) in [6, 6.07) is 21.9. The molecule has 0 fully saturated rings. The fraction of sp³-hybridized carbons (Fsp3) is 0.167. The van der Waals surface area contributed by atoms with Crippen LogP contribution in [0.1, 0.15) is 29.7 Å². The van der Waals surface area contributed by atoms with Gasteiger partial charge in [-0.1, -0.05) is 54.1 Å². The van der Waals surface area contributed by atoms with Gasteiger partial charge in [-0.25, -0.2) is 9.78 Å². The SMILES string of the molecule is O=C(O)CCCOc1cc(/C=C/c2ccc3ccc(Cl)cc3n2)ccc1OCc1ccccc1OCC(=O)O. The monoisotopic (exact) mass is 547 g/mol. The van der Waals surface area contributed by atoms with Crippen LogP contribution in [0.4, 0.5) is 0 Å². The Hall–Kier alpha value is -4.56. The number of fused-ring (bicyclic) bond motifs is 1. The number of carboxylic acid groups (broad SMARTS) is 2. The maximum atomic E-state index is 10.9. The van der Waals surface area contributed by atoms with E-state index in [1.165, 1.54) is 0 Å². The van der Waals surface area contributed by atoms with Crippen LogP contribution in [0.3, 0.4) is 0 Å². The van der Waals surface area contributed by atoms with Crippen molar-refractivity contribution < 1.29 is 34.0 Å². The lowest BCUT2D eigenvalue weighted by atomic mass is 10.1. The number of nitrogens with zero attached hydrogens (tertiary/aromatic N) is 1. The first-order chi connectivity index (χ1) is 18.9. The molecule has 0 radical (unpaired) electrons. The molecule has 0 bridgehead atoms. The number of benzene rings is 3. The van der Waals surface area contributed by atoms with Gasteiger partial charge in [-0.05, 0) is 54.5 Å². The van der Waals surface area contributed by atoms with Crippen molar-refractivity contribution in [1.29, 1.82) is 0 Å². The molecule has 1 aromatic heterocycles. The van der Waals surface area contributed by atoms with Crippen LogP contribution in [0, 0.1) is 0 Å². The van der Waals surface area contributed by atoms with E-state index in [4.69, 9.17) is 36.0 Å². The maximum absolute atomic E-state index is 10.9. The van der Waals surface area contributed by atoms with E-state index in [1.807, 2.05) is 48.6 Å². The number of ether oxygens (including phenoxy) is 3. The number of carbonyl (C=O) groups is 2. The van der Waals surface area contributed by atoms with Gasteiger partial charge in [-0.3, -0.25) is 4.79 Å². The Labute approximate surface area is 230 Å². The summed E-state index contributed by atoms with van der Waals surface area (Å²) in [4.78, 5) is 26.4. The molecule has 200 valence electrons. The normalized spacial score (nSPS) is 11.0. The number of hydrogen-bond donors (Lipinski definition) is 2. The summed E-state index contributed by atoms with van der Waals surface area (Å²) in [6.07, 6.45) is 4.09. The van der Waals surface area contributed by atoms with Crippen LogP contribution in [0.2, 0.25) is 5.02 Å². The molecule has 1 heterocycles. The summed E-state index contributed by atoms with van der Waals surface area (Å²) < 4.78 is 17.3. The Morgan fingerprint density at radius 3 is 2.46 bits per heavy atom. The van der Waals surface area contributed by atoms with Gasteiger partial charge in [0.15, 0.2) is 18.1 Å². The van der Waals surface area contributed by atoms with Crippen LogP contribution in [-0.2, 0) is 16.2 Å². The first-order valence-corrected chi connectivity index (χ1v) is 12.5. The molecule has 4 rings (SSSR count). The second kappa shape index (κ2) is 13.3. The second-order valence-corrected chi connectivity index (χ2v) is 8.97. The molecule has 0 saturated heterocycles.